The van der Waals surface area contributed by atoms with Gasteiger partial charge in [-0.2, -0.15) is 0 Å². The van der Waals surface area contributed by atoms with Gasteiger partial charge in [0, 0.05) is 35.7 Å². The number of aromatic nitrogens is 4. The van der Waals surface area contributed by atoms with Gasteiger partial charge in [0.05, 0.1) is 38.5 Å². The molecule has 27 heteroatoms. The Kier molecular flexibility index (Phi) is 18.0. The Hall–Kier alpha value is -6.84. The summed E-state index contributed by atoms with van der Waals surface area (Å²) in [5.41, 5.74) is -1.81. The molecule has 0 saturated carbocycles. The fraction of sp³-hybridized carbons (Fsp3) is 0.362. The summed E-state index contributed by atoms with van der Waals surface area (Å²) < 4.78 is 17.4. The van der Waals surface area contributed by atoms with Crippen LogP contribution in [0.3, 0.4) is 0 Å². The zero-order valence-corrected chi connectivity index (χ0v) is 45.0. The molecule has 4 atom stereocenters. The fourth-order valence-corrected chi connectivity index (χ4v) is 11.0. The molecule has 8 amide bonds. The third-order valence-electron chi connectivity index (χ3n) is 12.0. The summed E-state index contributed by atoms with van der Waals surface area (Å²) in [5.74, 6) is -5.59. The number of β-lactam (4-membered cyclic amide) rings is 1. The largest absolute Gasteiger partial charge is 1.00 e. The number of carbonyl (C=O) groups excluding carboxylic acids is 8. The van der Waals surface area contributed by atoms with E-state index >= 15 is 0 Å². The number of aliphatic carboxylic acids is 1. The maximum atomic E-state index is 14.3. The van der Waals surface area contributed by atoms with Gasteiger partial charge in [0.15, 0.2) is 11.1 Å². The normalized spacial score (nSPS) is 19.1. The molecule has 2 fully saturated rings. The third kappa shape index (κ3) is 11.7. The summed E-state index contributed by atoms with van der Waals surface area (Å²) in [6.07, 6.45) is -1.82. The molecule has 4 aromatic rings. The van der Waals surface area contributed by atoms with E-state index in [1.165, 1.54) is 23.9 Å². The van der Waals surface area contributed by atoms with Crippen LogP contribution in [0.5, 0.6) is 0 Å². The average molecular weight is 1070 g/mol. The monoisotopic (exact) mass is 1070 g/mol. The maximum absolute atomic E-state index is 14.3. The van der Waals surface area contributed by atoms with Crippen molar-refractivity contribution < 1.29 is 93.5 Å². The van der Waals surface area contributed by atoms with Crippen molar-refractivity contribution in [2.75, 3.05) is 56.3 Å². The summed E-state index contributed by atoms with van der Waals surface area (Å²) in [6.45, 7) is 4.96. The van der Waals surface area contributed by atoms with Gasteiger partial charge in [-0.15, -0.1) is 16.9 Å². The molecule has 4 heterocycles. The molecule has 0 radical (unpaired) electrons. The Morgan fingerprint density at radius 1 is 0.932 bits per heavy atom. The van der Waals surface area contributed by atoms with Crippen molar-refractivity contribution >= 4 is 94.4 Å². The number of thioether (sulfide) groups is 2. The quantitative estimate of drug-likeness (QED) is 0.0196. The predicted molar refractivity (Wildman–Crippen MR) is 264 cm³/mol. The number of urea groups is 1. The first kappa shape index (κ1) is 56.5. The molecular weight excluding hydrogens is 1010 g/mol. The van der Waals surface area contributed by atoms with Gasteiger partial charge in [-0.3, -0.25) is 34.7 Å². The number of piperazine rings is 1. The van der Waals surface area contributed by atoms with E-state index in [2.05, 4.69) is 36.8 Å². The van der Waals surface area contributed by atoms with Gasteiger partial charge in [0.25, 0.3) is 0 Å². The zero-order chi connectivity index (χ0) is 52.8. The molecule has 2 saturated heterocycles. The number of quaternary nitrogens is 1. The number of para-hydroxylation sites is 3. The molecule has 2 unspecified atom stereocenters. The van der Waals surface area contributed by atoms with E-state index in [-0.39, 0.29) is 96.7 Å². The molecule has 24 nitrogen and oxygen atoms in total. The van der Waals surface area contributed by atoms with Crippen molar-refractivity contribution in [1.82, 2.24) is 45.1 Å². The number of benzene rings is 3. The van der Waals surface area contributed by atoms with E-state index < -0.39 is 93.2 Å². The number of carbonyl (C=O) groups is 9. The number of imide groups is 1. The van der Waals surface area contributed by atoms with Crippen LogP contribution in [0.1, 0.15) is 46.7 Å². The van der Waals surface area contributed by atoms with E-state index in [0.29, 0.717) is 15.6 Å². The Morgan fingerprint density at radius 2 is 1.59 bits per heavy atom. The van der Waals surface area contributed by atoms with Crippen molar-refractivity contribution in [2.24, 2.45) is 7.05 Å². The van der Waals surface area contributed by atoms with E-state index in [1.807, 2.05) is 0 Å². The van der Waals surface area contributed by atoms with Gasteiger partial charge < -0.3 is 31.4 Å². The second-order valence-electron chi connectivity index (χ2n) is 17.6. The number of nitrogens with one attached hydrogen (secondary N) is 4. The first-order valence-electron chi connectivity index (χ1n) is 22.6. The van der Waals surface area contributed by atoms with Crippen LogP contribution in [0, 0.1) is 0 Å². The Labute approximate surface area is 456 Å². The Bertz CT molecular complexity index is 2910. The van der Waals surface area contributed by atoms with E-state index in [1.54, 1.807) is 101 Å². The number of aryl methyl sites for hydroxylation is 1. The number of rotatable bonds is 16. The average Bonchev–Trinajstić information content (AvgIpc) is 3.77. The van der Waals surface area contributed by atoms with E-state index in [0.717, 1.165) is 28.4 Å². The van der Waals surface area contributed by atoms with E-state index in [4.69, 9.17) is 14.2 Å². The molecule has 386 valence electrons. The Morgan fingerprint density at radius 3 is 2.23 bits per heavy atom. The molecular formula is C47H53N11NaO13S2+. The molecule has 0 aliphatic carbocycles. The minimum absolute atomic E-state index is 0. The summed E-state index contributed by atoms with van der Waals surface area (Å²) in [4.78, 5) is 123. The van der Waals surface area contributed by atoms with Gasteiger partial charge in [0.1, 0.15) is 35.5 Å². The number of carboxylic acid groups (broad SMARTS) is 1. The van der Waals surface area contributed by atoms with Gasteiger partial charge in [-0.1, -0.05) is 72.4 Å². The minimum Gasteiger partial charge on any atom is -1.00 e. The maximum Gasteiger partial charge on any atom is 1.00 e. The summed E-state index contributed by atoms with van der Waals surface area (Å²) in [6, 6.07) is 19.9. The number of ether oxygens (including phenoxy) is 3. The first-order chi connectivity index (χ1) is 34.7. The number of methoxy groups -OCH3 is 1. The van der Waals surface area contributed by atoms with Crippen molar-refractivity contribution in [3.63, 3.8) is 0 Å². The van der Waals surface area contributed by atoms with Crippen molar-refractivity contribution in [3.8, 4) is 0 Å². The number of hydrogen-bond donors (Lipinski definition) is 5. The fourth-order valence-electron chi connectivity index (χ4n) is 8.54. The van der Waals surface area contributed by atoms with Crippen molar-refractivity contribution in [1.29, 1.82) is 0 Å². The van der Waals surface area contributed by atoms with Gasteiger partial charge >= 0.3 is 71.5 Å². The second-order valence-corrected chi connectivity index (χ2v) is 19.9. The number of nitrogens with zero attached hydrogens (tertiary/aromatic N) is 7. The summed E-state index contributed by atoms with van der Waals surface area (Å²) in [7, 11) is 2.76. The number of amides is 8. The van der Waals surface area contributed by atoms with E-state index in [9.17, 15) is 48.3 Å². The number of esters is 1. The minimum atomic E-state index is -1.86. The molecule has 1 aromatic heterocycles. The topological polar surface area (TPSA) is 300 Å². The second kappa shape index (κ2) is 23.6. The summed E-state index contributed by atoms with van der Waals surface area (Å²) >= 11 is 2.23. The number of likely N-dealkylation sites (N-methyl/N-ethyl adjacent to an activating group) is 1. The smallest absolute Gasteiger partial charge is 1.00 e. The van der Waals surface area contributed by atoms with Crippen LogP contribution >= 0.6 is 23.5 Å². The Balaban J connectivity index is 0.00000520. The van der Waals surface area contributed by atoms with Crippen molar-refractivity contribution in [3.05, 3.63) is 101 Å². The van der Waals surface area contributed by atoms with Gasteiger partial charge in [-0.05, 0) is 55.8 Å². The number of hydrogen-bond acceptors (Lipinski definition) is 17. The van der Waals surface area contributed by atoms with Gasteiger partial charge in [0.2, 0.25) is 17.0 Å². The SMILES string of the molecule is CC[N+]1(c2ccccc2NC(=O)OCC(C(=O)OC)(c2ccccc2)c2ccccc2NC(=O)OC(C)(C)C)CCN(C(=O)NCC(=O)N[C@H]2S[C@H]3CC(=O)N3C(C(=O)O)=C2CSc2nnnn2C)C(=O)C1=O.[H-].[Na+]. The van der Waals surface area contributed by atoms with Gasteiger partial charge in [-0.25, -0.2) is 38.0 Å². The standard InChI is InChI=1S/C47H51N11O13S2.Na.H/c1-7-58(22-21-56(38(61)39(58)62)42(66)48-24-33(59)51-37-28(25-72-43-52-53-54-55(43)5)36(40(63)64)57-34(60)23-35(57)73-37)32-20-14-13-19-31(32)50-44(67)70-26-47(41(65)69-6,27-15-9-8-10-16-27)29-17-11-12-18-30(29)49-45(68)71-46(2,3)4;;/h8-20,35,37H,7,21-26H2,1-6H3,(H4-,48,49,50,51,59,63,64,66,67,68);;/q;+1;-1/p+1/t35-,37-,47?,58?;;/m0../s1. The molecule has 3 aromatic carbocycles. The third-order valence-corrected chi connectivity index (χ3v) is 14.5. The number of tetrazole rings is 1. The van der Waals surface area contributed by atoms with Crippen LogP contribution in [0.25, 0.3) is 0 Å². The summed E-state index contributed by atoms with van der Waals surface area (Å²) in [5, 5.41) is 30.7. The van der Waals surface area contributed by atoms with Crippen LogP contribution in [0.2, 0.25) is 0 Å². The number of carboxylic acids is 1. The van der Waals surface area contributed by atoms with Crippen LogP contribution in [-0.4, -0.2) is 151 Å². The zero-order valence-electron chi connectivity index (χ0n) is 42.4. The van der Waals surface area contributed by atoms with Crippen molar-refractivity contribution in [2.45, 2.75) is 61.0 Å². The number of anilines is 2. The molecule has 0 bridgehead atoms. The predicted octanol–water partition coefficient (Wildman–Crippen LogP) is 0.666. The molecule has 3 aliphatic rings. The molecule has 5 N–H and O–H groups in total. The first-order valence-corrected chi connectivity index (χ1v) is 24.5. The van der Waals surface area contributed by atoms with Crippen LogP contribution in [-0.2, 0) is 55.4 Å². The van der Waals surface area contributed by atoms with Crippen LogP contribution < -0.4 is 55.3 Å². The van der Waals surface area contributed by atoms with Crippen LogP contribution in [0.15, 0.2) is 95.3 Å². The van der Waals surface area contributed by atoms with Crippen LogP contribution in [0.4, 0.5) is 31.4 Å². The molecule has 74 heavy (non-hydrogen) atoms. The molecule has 7 rings (SSSR count). The number of fused-ring (bicyclic) bond motifs is 1. The molecule has 3 aliphatic heterocycles. The molecule has 0 spiro atoms.